The third-order valence-corrected chi connectivity index (χ3v) is 6.40. The van der Waals surface area contributed by atoms with Gasteiger partial charge in [-0.2, -0.15) is 0 Å². The summed E-state index contributed by atoms with van der Waals surface area (Å²) in [7, 11) is 1.73. The van der Waals surface area contributed by atoms with Crippen LogP contribution in [-0.4, -0.2) is 72.9 Å². The van der Waals surface area contributed by atoms with E-state index in [9.17, 15) is 9.59 Å². The summed E-state index contributed by atoms with van der Waals surface area (Å²) in [6.45, 7) is 11.4. The SMILES string of the molecule is CN=C(NCCN1C(=O)C2C3C=CC(C3)C2C1=O)NCCN(C(C)C)C(C)C.I. The van der Waals surface area contributed by atoms with E-state index in [4.69, 9.17) is 0 Å². The van der Waals surface area contributed by atoms with Gasteiger partial charge >= 0.3 is 0 Å². The van der Waals surface area contributed by atoms with Crippen LogP contribution < -0.4 is 10.6 Å². The molecule has 1 aliphatic heterocycles. The van der Waals surface area contributed by atoms with Gasteiger partial charge in [0.25, 0.3) is 0 Å². The van der Waals surface area contributed by atoms with Crippen LogP contribution in [0.5, 0.6) is 0 Å². The fourth-order valence-electron chi connectivity index (χ4n) is 5.11. The zero-order valence-electron chi connectivity index (χ0n) is 18.2. The molecule has 1 saturated heterocycles. The molecule has 29 heavy (non-hydrogen) atoms. The van der Waals surface area contributed by atoms with Gasteiger partial charge in [0.2, 0.25) is 11.8 Å². The molecule has 8 heteroatoms. The number of likely N-dealkylation sites (tertiary alicyclic amines) is 1. The van der Waals surface area contributed by atoms with Crippen molar-refractivity contribution in [2.75, 3.05) is 33.2 Å². The summed E-state index contributed by atoms with van der Waals surface area (Å²) < 4.78 is 0. The number of amides is 2. The summed E-state index contributed by atoms with van der Waals surface area (Å²) in [6, 6.07) is 0.987. The minimum absolute atomic E-state index is 0. The number of allylic oxidation sites excluding steroid dienone is 2. The van der Waals surface area contributed by atoms with Crippen molar-refractivity contribution < 1.29 is 9.59 Å². The van der Waals surface area contributed by atoms with Crippen LogP contribution in [0.1, 0.15) is 34.1 Å². The molecule has 4 unspecified atom stereocenters. The van der Waals surface area contributed by atoms with E-state index in [0.29, 0.717) is 31.1 Å². The molecule has 2 N–H and O–H groups in total. The number of nitrogens with one attached hydrogen (secondary N) is 2. The van der Waals surface area contributed by atoms with E-state index in [1.807, 2.05) is 0 Å². The summed E-state index contributed by atoms with van der Waals surface area (Å²) in [4.78, 5) is 33.5. The molecule has 7 nitrogen and oxygen atoms in total. The van der Waals surface area contributed by atoms with Crippen LogP contribution in [0.4, 0.5) is 0 Å². The lowest BCUT2D eigenvalue weighted by atomic mass is 9.85. The van der Waals surface area contributed by atoms with Crippen molar-refractivity contribution in [1.82, 2.24) is 20.4 Å². The number of hydrogen-bond donors (Lipinski definition) is 2. The number of halogens is 1. The zero-order valence-corrected chi connectivity index (χ0v) is 20.6. The molecule has 0 spiro atoms. The van der Waals surface area contributed by atoms with Crippen molar-refractivity contribution in [3.63, 3.8) is 0 Å². The minimum atomic E-state index is -0.113. The highest BCUT2D eigenvalue weighted by Gasteiger charge is 2.58. The largest absolute Gasteiger partial charge is 0.355 e. The van der Waals surface area contributed by atoms with Crippen LogP contribution in [0.3, 0.4) is 0 Å². The Bertz CT molecular complexity index is 625. The first-order valence-corrected chi connectivity index (χ1v) is 10.6. The maximum atomic E-state index is 12.7. The first kappa shape index (κ1) is 24.1. The molecule has 0 radical (unpaired) electrons. The Morgan fingerprint density at radius 1 is 1.07 bits per heavy atom. The number of fused-ring (bicyclic) bond motifs is 5. The predicted molar refractivity (Wildman–Crippen MR) is 126 cm³/mol. The van der Waals surface area contributed by atoms with E-state index < -0.39 is 0 Å². The minimum Gasteiger partial charge on any atom is -0.355 e. The third kappa shape index (κ3) is 4.95. The smallest absolute Gasteiger partial charge is 0.233 e. The molecule has 0 aromatic heterocycles. The van der Waals surface area contributed by atoms with Crippen molar-refractivity contribution in [1.29, 1.82) is 0 Å². The van der Waals surface area contributed by atoms with Gasteiger partial charge in [0, 0.05) is 45.3 Å². The monoisotopic (exact) mass is 517 g/mol. The van der Waals surface area contributed by atoms with Gasteiger partial charge in [0.15, 0.2) is 5.96 Å². The zero-order chi connectivity index (χ0) is 20.4. The summed E-state index contributed by atoms with van der Waals surface area (Å²) >= 11 is 0. The standard InChI is InChI=1S/C21H35N5O2.HI/c1-13(2)25(14(3)4)10-8-23-21(22-5)24-9-11-26-19(27)17-15-6-7-16(12-15)18(17)20(26)28;/h6-7,13-18H,8-12H2,1-5H3,(H2,22,23,24);1H. The normalized spacial score (nSPS) is 28.0. The van der Waals surface area contributed by atoms with Crippen molar-refractivity contribution in [3.8, 4) is 0 Å². The second-order valence-electron chi connectivity index (χ2n) is 8.68. The first-order chi connectivity index (χ1) is 13.3. The lowest BCUT2D eigenvalue weighted by Gasteiger charge is -2.30. The third-order valence-electron chi connectivity index (χ3n) is 6.40. The summed E-state index contributed by atoms with van der Waals surface area (Å²) in [5.74, 6) is 1.04. The number of carbonyl (C=O) groups is 2. The maximum Gasteiger partial charge on any atom is 0.233 e. The van der Waals surface area contributed by atoms with E-state index in [1.54, 1.807) is 7.05 Å². The van der Waals surface area contributed by atoms with E-state index >= 15 is 0 Å². The Morgan fingerprint density at radius 3 is 2.07 bits per heavy atom. The molecule has 4 atom stereocenters. The van der Waals surface area contributed by atoms with Crippen LogP contribution in [0.15, 0.2) is 17.1 Å². The molecule has 3 rings (SSSR count). The topological polar surface area (TPSA) is 77.0 Å². The van der Waals surface area contributed by atoms with Crippen molar-refractivity contribution in [2.45, 2.75) is 46.2 Å². The lowest BCUT2D eigenvalue weighted by Crippen LogP contribution is -2.47. The van der Waals surface area contributed by atoms with Crippen LogP contribution in [0.2, 0.25) is 0 Å². The van der Waals surface area contributed by atoms with Crippen LogP contribution in [0.25, 0.3) is 0 Å². The van der Waals surface area contributed by atoms with Gasteiger partial charge in [-0.3, -0.25) is 24.4 Å². The molecular formula is C21H36IN5O2. The van der Waals surface area contributed by atoms with Gasteiger partial charge in [0.05, 0.1) is 11.8 Å². The molecule has 2 bridgehead atoms. The van der Waals surface area contributed by atoms with Gasteiger partial charge in [0.1, 0.15) is 0 Å². The Hall–Kier alpha value is -1.16. The predicted octanol–water partition coefficient (Wildman–Crippen LogP) is 1.70. The Kier molecular flexibility index (Phi) is 8.51. The molecule has 1 saturated carbocycles. The molecular weight excluding hydrogens is 481 g/mol. The van der Waals surface area contributed by atoms with E-state index in [2.05, 4.69) is 60.4 Å². The first-order valence-electron chi connectivity index (χ1n) is 10.6. The number of carbonyl (C=O) groups excluding carboxylic acids is 2. The van der Waals surface area contributed by atoms with Gasteiger partial charge in [-0.15, -0.1) is 24.0 Å². The Balaban J connectivity index is 0.00000300. The highest BCUT2D eigenvalue weighted by Crippen LogP contribution is 2.52. The second kappa shape index (κ2) is 10.2. The van der Waals surface area contributed by atoms with Gasteiger partial charge < -0.3 is 10.6 Å². The fraction of sp³-hybridized carbons (Fsp3) is 0.762. The average molecular weight is 517 g/mol. The van der Waals surface area contributed by atoms with Crippen LogP contribution in [-0.2, 0) is 9.59 Å². The van der Waals surface area contributed by atoms with Crippen molar-refractivity contribution in [3.05, 3.63) is 12.2 Å². The number of imide groups is 1. The Morgan fingerprint density at radius 2 is 1.59 bits per heavy atom. The summed E-state index contributed by atoms with van der Waals surface area (Å²) in [5.41, 5.74) is 0. The summed E-state index contributed by atoms with van der Waals surface area (Å²) in [5, 5.41) is 6.55. The number of guanidine groups is 1. The number of rotatable bonds is 8. The molecule has 2 fully saturated rings. The van der Waals surface area contributed by atoms with Crippen LogP contribution in [0, 0.1) is 23.7 Å². The maximum absolute atomic E-state index is 12.7. The molecule has 164 valence electrons. The molecule has 2 aliphatic carbocycles. The van der Waals surface area contributed by atoms with Gasteiger partial charge in [-0.1, -0.05) is 12.2 Å². The van der Waals surface area contributed by atoms with Gasteiger partial charge in [-0.25, -0.2) is 0 Å². The Labute approximate surface area is 191 Å². The average Bonchev–Trinajstić information content (AvgIpc) is 3.32. The van der Waals surface area contributed by atoms with Crippen molar-refractivity contribution >= 4 is 41.8 Å². The van der Waals surface area contributed by atoms with E-state index in [1.165, 1.54) is 4.90 Å². The van der Waals surface area contributed by atoms with E-state index in [0.717, 1.165) is 19.5 Å². The number of hydrogen-bond acceptors (Lipinski definition) is 4. The number of aliphatic imine (C=N–C) groups is 1. The molecule has 2 amide bonds. The van der Waals surface area contributed by atoms with E-state index in [-0.39, 0.29) is 59.5 Å². The second-order valence-corrected chi connectivity index (χ2v) is 8.68. The number of nitrogens with zero attached hydrogens (tertiary/aromatic N) is 3. The summed E-state index contributed by atoms with van der Waals surface area (Å²) in [6.07, 6.45) is 5.23. The molecule has 3 aliphatic rings. The molecule has 0 aromatic carbocycles. The van der Waals surface area contributed by atoms with Crippen LogP contribution >= 0.6 is 24.0 Å². The fourth-order valence-corrected chi connectivity index (χ4v) is 5.11. The van der Waals surface area contributed by atoms with Crippen molar-refractivity contribution in [2.24, 2.45) is 28.7 Å². The highest BCUT2D eigenvalue weighted by atomic mass is 127. The molecule has 0 aromatic rings. The molecule has 1 heterocycles. The highest BCUT2D eigenvalue weighted by molar-refractivity contribution is 14.0. The quantitative estimate of drug-likeness (QED) is 0.169. The lowest BCUT2D eigenvalue weighted by molar-refractivity contribution is -0.140. The van der Waals surface area contributed by atoms with Gasteiger partial charge in [-0.05, 0) is 46.0 Å².